The summed E-state index contributed by atoms with van der Waals surface area (Å²) in [7, 11) is 0. The summed E-state index contributed by atoms with van der Waals surface area (Å²) in [5, 5.41) is 0. The van der Waals surface area contributed by atoms with E-state index in [2.05, 4.69) is 15.0 Å². The molecule has 0 aliphatic carbocycles. The summed E-state index contributed by atoms with van der Waals surface area (Å²) in [6, 6.07) is 3.71. The van der Waals surface area contributed by atoms with Crippen LogP contribution in [0.4, 0.5) is 0 Å². The van der Waals surface area contributed by atoms with E-state index in [0.717, 1.165) is 37.2 Å². The molecule has 132 valence electrons. The maximum atomic E-state index is 12.2. The minimum atomic E-state index is 0.148. The van der Waals surface area contributed by atoms with Gasteiger partial charge in [-0.15, -0.1) is 0 Å². The Hall–Kier alpha value is -2.50. The second-order valence-corrected chi connectivity index (χ2v) is 6.36. The van der Waals surface area contributed by atoms with Crippen LogP contribution in [0.2, 0.25) is 0 Å². The predicted molar refractivity (Wildman–Crippen MR) is 94.5 cm³/mol. The highest BCUT2D eigenvalue weighted by atomic mass is 16.5. The van der Waals surface area contributed by atoms with Crippen molar-refractivity contribution in [2.75, 3.05) is 13.1 Å². The van der Waals surface area contributed by atoms with Crippen LogP contribution >= 0.6 is 0 Å². The van der Waals surface area contributed by atoms with E-state index >= 15 is 0 Å². The predicted octanol–water partition coefficient (Wildman–Crippen LogP) is 3.48. The molecule has 0 aromatic carbocycles. The van der Waals surface area contributed by atoms with E-state index in [1.54, 1.807) is 18.6 Å². The third kappa shape index (κ3) is 4.13. The second kappa shape index (κ2) is 8.05. The number of ether oxygens (including phenoxy) is 1. The molecule has 0 N–H and O–H groups in total. The molecule has 1 saturated heterocycles. The Morgan fingerprint density at radius 3 is 2.92 bits per heavy atom. The molecule has 1 amide bonds. The smallest absolute Gasteiger partial charge is 0.241 e. The third-order valence-electron chi connectivity index (χ3n) is 4.48. The molecular formula is C19H24N4O2. The van der Waals surface area contributed by atoms with E-state index in [-0.39, 0.29) is 11.8 Å². The first kappa shape index (κ1) is 17.3. The number of aromatic nitrogens is 3. The number of pyridine rings is 1. The quantitative estimate of drug-likeness (QED) is 0.833. The Kier molecular flexibility index (Phi) is 5.58. The first-order valence-electron chi connectivity index (χ1n) is 8.87. The zero-order chi connectivity index (χ0) is 17.6. The molecule has 1 fully saturated rings. The van der Waals surface area contributed by atoms with Gasteiger partial charge in [-0.05, 0) is 38.3 Å². The summed E-state index contributed by atoms with van der Waals surface area (Å²) in [6.07, 6.45) is 8.49. The maximum Gasteiger partial charge on any atom is 0.241 e. The Bertz CT molecular complexity index is 735. The summed E-state index contributed by atoms with van der Waals surface area (Å²) < 4.78 is 6.00. The molecule has 2 aromatic heterocycles. The van der Waals surface area contributed by atoms with E-state index in [9.17, 15) is 4.79 Å². The molecule has 6 heteroatoms. The van der Waals surface area contributed by atoms with Crippen molar-refractivity contribution >= 4 is 5.91 Å². The van der Waals surface area contributed by atoms with Gasteiger partial charge in [0.1, 0.15) is 5.69 Å². The largest absolute Gasteiger partial charge is 0.435 e. The van der Waals surface area contributed by atoms with Crippen molar-refractivity contribution in [2.24, 2.45) is 0 Å². The number of hydrogen-bond donors (Lipinski definition) is 0. The molecule has 1 aliphatic rings. The molecule has 3 rings (SSSR count). The fourth-order valence-electron chi connectivity index (χ4n) is 3.18. The number of likely N-dealkylation sites (tertiary alicyclic amines) is 1. The van der Waals surface area contributed by atoms with E-state index in [1.807, 2.05) is 30.9 Å². The fraction of sp³-hybridized carbons (Fsp3) is 0.474. The van der Waals surface area contributed by atoms with Crippen LogP contribution in [0.3, 0.4) is 0 Å². The van der Waals surface area contributed by atoms with Gasteiger partial charge in [0, 0.05) is 44.0 Å². The lowest BCUT2D eigenvalue weighted by molar-refractivity contribution is -0.132. The Labute approximate surface area is 148 Å². The van der Waals surface area contributed by atoms with Crippen molar-refractivity contribution < 1.29 is 9.53 Å². The van der Waals surface area contributed by atoms with Gasteiger partial charge in [0.25, 0.3) is 0 Å². The van der Waals surface area contributed by atoms with Crippen LogP contribution in [0.25, 0.3) is 0 Å². The monoisotopic (exact) mass is 340 g/mol. The van der Waals surface area contributed by atoms with Gasteiger partial charge in [0.2, 0.25) is 11.8 Å². The van der Waals surface area contributed by atoms with Crippen LogP contribution in [-0.4, -0.2) is 38.8 Å². The van der Waals surface area contributed by atoms with Gasteiger partial charge < -0.3 is 9.64 Å². The average molecular weight is 340 g/mol. The van der Waals surface area contributed by atoms with Crippen molar-refractivity contribution in [3.63, 3.8) is 0 Å². The summed E-state index contributed by atoms with van der Waals surface area (Å²) in [6.45, 7) is 5.44. The molecular weight excluding hydrogens is 316 g/mol. The molecule has 3 heterocycles. The van der Waals surface area contributed by atoms with Crippen molar-refractivity contribution in [3.05, 3.63) is 42.1 Å². The Morgan fingerprint density at radius 1 is 1.28 bits per heavy atom. The first-order valence-corrected chi connectivity index (χ1v) is 8.87. The first-order chi connectivity index (χ1) is 12.2. The fourth-order valence-corrected chi connectivity index (χ4v) is 3.18. The average Bonchev–Trinajstić information content (AvgIpc) is 2.64. The summed E-state index contributed by atoms with van der Waals surface area (Å²) in [5.41, 5.74) is 1.63. The second-order valence-electron chi connectivity index (χ2n) is 6.36. The number of carbonyl (C=O) groups excluding carboxylic acids is 1. The van der Waals surface area contributed by atoms with Crippen LogP contribution < -0.4 is 4.74 Å². The molecule has 0 spiro atoms. The molecule has 6 nitrogen and oxygen atoms in total. The zero-order valence-corrected chi connectivity index (χ0v) is 14.8. The molecule has 1 unspecified atom stereocenters. The van der Waals surface area contributed by atoms with Gasteiger partial charge in [-0.1, -0.05) is 6.92 Å². The van der Waals surface area contributed by atoms with Gasteiger partial charge >= 0.3 is 0 Å². The Morgan fingerprint density at radius 2 is 2.12 bits per heavy atom. The maximum absolute atomic E-state index is 12.2. The molecule has 0 saturated carbocycles. The highest BCUT2D eigenvalue weighted by Gasteiger charge is 2.28. The molecule has 1 aliphatic heterocycles. The van der Waals surface area contributed by atoms with Crippen molar-refractivity contribution in [1.29, 1.82) is 0 Å². The summed E-state index contributed by atoms with van der Waals surface area (Å²) in [5.74, 6) is 1.56. The molecule has 0 bridgehead atoms. The number of rotatable bonds is 5. The number of hydrogen-bond acceptors (Lipinski definition) is 5. The van der Waals surface area contributed by atoms with Gasteiger partial charge in [0.15, 0.2) is 5.75 Å². The minimum Gasteiger partial charge on any atom is -0.435 e. The van der Waals surface area contributed by atoms with E-state index in [1.165, 1.54) is 0 Å². The standard InChI is InChI=1S/C19H24N4O2/c1-3-6-17(24)23-12-5-7-15(13-23)18-19(22-11-10-21-18)25-16-8-4-9-20-14(16)2/h4,8-11,15H,3,5-7,12-13H2,1-2H3. The normalized spacial score (nSPS) is 17.4. The van der Waals surface area contributed by atoms with E-state index in [4.69, 9.17) is 4.74 Å². The van der Waals surface area contributed by atoms with Crippen LogP contribution in [0.1, 0.15) is 49.9 Å². The number of nitrogens with zero attached hydrogens (tertiary/aromatic N) is 4. The number of aryl methyl sites for hydroxylation is 1. The van der Waals surface area contributed by atoms with Crippen LogP contribution in [-0.2, 0) is 4.79 Å². The van der Waals surface area contributed by atoms with Crippen LogP contribution in [0, 0.1) is 6.92 Å². The summed E-state index contributed by atoms with van der Waals surface area (Å²) in [4.78, 5) is 27.3. The molecule has 2 aromatic rings. The van der Waals surface area contributed by atoms with Gasteiger partial charge in [-0.25, -0.2) is 4.98 Å². The minimum absolute atomic E-state index is 0.148. The molecule has 0 radical (unpaired) electrons. The van der Waals surface area contributed by atoms with Crippen LogP contribution in [0.5, 0.6) is 11.6 Å². The number of amides is 1. The highest BCUT2D eigenvalue weighted by molar-refractivity contribution is 5.76. The lowest BCUT2D eigenvalue weighted by atomic mass is 9.94. The van der Waals surface area contributed by atoms with E-state index in [0.29, 0.717) is 24.6 Å². The SMILES string of the molecule is CCCC(=O)N1CCCC(c2nccnc2Oc2cccnc2C)C1. The highest BCUT2D eigenvalue weighted by Crippen LogP contribution is 2.33. The molecule has 25 heavy (non-hydrogen) atoms. The van der Waals surface area contributed by atoms with Crippen LogP contribution in [0.15, 0.2) is 30.7 Å². The third-order valence-corrected chi connectivity index (χ3v) is 4.48. The van der Waals surface area contributed by atoms with Gasteiger partial charge in [-0.3, -0.25) is 14.8 Å². The van der Waals surface area contributed by atoms with Gasteiger partial charge in [-0.2, -0.15) is 0 Å². The zero-order valence-electron chi connectivity index (χ0n) is 14.8. The number of carbonyl (C=O) groups is 1. The van der Waals surface area contributed by atoms with Gasteiger partial charge in [0.05, 0.1) is 5.69 Å². The summed E-state index contributed by atoms with van der Waals surface area (Å²) >= 11 is 0. The lowest BCUT2D eigenvalue weighted by Crippen LogP contribution is -2.39. The molecule has 1 atom stereocenters. The Balaban J connectivity index is 1.80. The van der Waals surface area contributed by atoms with E-state index < -0.39 is 0 Å². The topological polar surface area (TPSA) is 68.2 Å². The number of piperidine rings is 1. The van der Waals surface area contributed by atoms with Crippen molar-refractivity contribution in [3.8, 4) is 11.6 Å². The van der Waals surface area contributed by atoms with Crippen molar-refractivity contribution in [2.45, 2.75) is 45.4 Å². The lowest BCUT2D eigenvalue weighted by Gasteiger charge is -2.32. The van der Waals surface area contributed by atoms with Crippen molar-refractivity contribution in [1.82, 2.24) is 19.9 Å².